The van der Waals surface area contributed by atoms with E-state index < -0.39 is 6.10 Å². The first-order valence-corrected chi connectivity index (χ1v) is 6.35. The zero-order chi connectivity index (χ0) is 14.5. The van der Waals surface area contributed by atoms with Gasteiger partial charge in [-0.25, -0.2) is 4.39 Å². The Balaban J connectivity index is 1.97. The first kappa shape index (κ1) is 14.2. The average Bonchev–Trinajstić information content (AvgIpc) is 2.45. The van der Waals surface area contributed by atoms with E-state index in [1.165, 1.54) is 24.3 Å². The van der Waals surface area contributed by atoms with Crippen LogP contribution in [0.25, 0.3) is 0 Å². The second-order valence-electron chi connectivity index (χ2n) is 4.59. The number of carbonyl (C=O) groups excluding carboxylic acids is 1. The third-order valence-corrected chi connectivity index (χ3v) is 3.10. The van der Waals surface area contributed by atoms with E-state index in [1.807, 2.05) is 19.1 Å². The minimum Gasteiger partial charge on any atom is -0.387 e. The lowest BCUT2D eigenvalue weighted by molar-refractivity contribution is 0.0915. The number of benzene rings is 2. The third kappa shape index (κ3) is 3.42. The Morgan fingerprint density at radius 3 is 2.50 bits per heavy atom. The lowest BCUT2D eigenvalue weighted by Crippen LogP contribution is -2.28. The van der Waals surface area contributed by atoms with Crippen molar-refractivity contribution >= 4 is 5.91 Å². The summed E-state index contributed by atoms with van der Waals surface area (Å²) in [6.45, 7) is 1.93. The molecule has 2 aromatic carbocycles. The number of aliphatic hydroxyl groups excluding tert-OH is 1. The van der Waals surface area contributed by atoms with Crippen LogP contribution in [0.2, 0.25) is 0 Å². The molecule has 2 N–H and O–H groups in total. The van der Waals surface area contributed by atoms with Crippen LogP contribution in [0.4, 0.5) is 4.39 Å². The predicted octanol–water partition coefficient (Wildman–Crippen LogP) is 2.60. The number of rotatable bonds is 4. The highest BCUT2D eigenvalue weighted by molar-refractivity contribution is 5.95. The van der Waals surface area contributed by atoms with Gasteiger partial charge in [-0.3, -0.25) is 4.79 Å². The van der Waals surface area contributed by atoms with Crippen LogP contribution in [0.3, 0.4) is 0 Å². The van der Waals surface area contributed by atoms with Crippen molar-refractivity contribution in [3.05, 3.63) is 71.0 Å². The second-order valence-corrected chi connectivity index (χ2v) is 4.59. The largest absolute Gasteiger partial charge is 0.387 e. The molecule has 0 aliphatic rings. The molecule has 4 heteroatoms. The fraction of sp³-hybridized carbons (Fsp3) is 0.188. The lowest BCUT2D eigenvalue weighted by atomic mass is 10.1. The monoisotopic (exact) mass is 273 g/mol. The average molecular weight is 273 g/mol. The van der Waals surface area contributed by atoms with Crippen molar-refractivity contribution in [1.82, 2.24) is 5.32 Å². The minimum absolute atomic E-state index is 0.0821. The molecule has 0 aromatic heterocycles. The zero-order valence-electron chi connectivity index (χ0n) is 11.1. The van der Waals surface area contributed by atoms with Crippen LogP contribution in [0.1, 0.15) is 27.6 Å². The number of nitrogens with one attached hydrogen (secondary N) is 1. The van der Waals surface area contributed by atoms with Gasteiger partial charge in [0, 0.05) is 12.1 Å². The van der Waals surface area contributed by atoms with Gasteiger partial charge in [0.05, 0.1) is 6.10 Å². The number of halogens is 1. The smallest absolute Gasteiger partial charge is 0.251 e. The topological polar surface area (TPSA) is 49.3 Å². The van der Waals surface area contributed by atoms with Crippen LogP contribution >= 0.6 is 0 Å². The first-order valence-electron chi connectivity index (χ1n) is 6.35. The zero-order valence-corrected chi connectivity index (χ0v) is 11.1. The van der Waals surface area contributed by atoms with E-state index >= 15 is 0 Å². The number of hydrogen-bond acceptors (Lipinski definition) is 2. The highest BCUT2D eigenvalue weighted by Crippen LogP contribution is 2.13. The molecule has 2 rings (SSSR count). The van der Waals surface area contributed by atoms with Crippen LogP contribution in [-0.4, -0.2) is 17.6 Å². The molecule has 0 unspecified atom stereocenters. The number of aliphatic hydroxyl groups is 1. The van der Waals surface area contributed by atoms with Gasteiger partial charge in [0.1, 0.15) is 5.82 Å². The van der Waals surface area contributed by atoms with Gasteiger partial charge in [0.2, 0.25) is 0 Å². The van der Waals surface area contributed by atoms with Crippen molar-refractivity contribution in [1.29, 1.82) is 0 Å². The molecule has 3 nitrogen and oxygen atoms in total. The summed E-state index contributed by atoms with van der Waals surface area (Å²) < 4.78 is 12.8. The highest BCUT2D eigenvalue weighted by Gasteiger charge is 2.12. The van der Waals surface area contributed by atoms with E-state index in [1.54, 1.807) is 12.1 Å². The minimum atomic E-state index is -0.858. The molecule has 0 bridgehead atoms. The first-order chi connectivity index (χ1) is 9.58. The van der Waals surface area contributed by atoms with Gasteiger partial charge in [0.15, 0.2) is 0 Å². The molecule has 0 radical (unpaired) electrons. The molecule has 0 saturated carbocycles. The van der Waals surface area contributed by atoms with Gasteiger partial charge in [-0.05, 0) is 36.2 Å². The molecule has 0 aliphatic carbocycles. The summed E-state index contributed by atoms with van der Waals surface area (Å²) in [7, 11) is 0. The third-order valence-electron chi connectivity index (χ3n) is 3.10. The molecule has 0 fully saturated rings. The van der Waals surface area contributed by atoms with Crippen LogP contribution in [0, 0.1) is 12.7 Å². The maximum atomic E-state index is 12.8. The van der Waals surface area contributed by atoms with Crippen molar-refractivity contribution in [2.75, 3.05) is 6.54 Å². The van der Waals surface area contributed by atoms with Crippen LogP contribution in [-0.2, 0) is 0 Å². The van der Waals surface area contributed by atoms with Gasteiger partial charge in [-0.2, -0.15) is 0 Å². The summed E-state index contributed by atoms with van der Waals surface area (Å²) >= 11 is 0. The SMILES string of the molecule is Cc1ccccc1C(=O)NC[C@H](O)c1ccc(F)cc1. The van der Waals surface area contributed by atoms with E-state index in [0.29, 0.717) is 11.1 Å². The number of hydrogen-bond donors (Lipinski definition) is 2. The molecule has 0 aliphatic heterocycles. The summed E-state index contributed by atoms with van der Waals surface area (Å²) in [6.07, 6.45) is -0.858. The van der Waals surface area contributed by atoms with Crippen LogP contribution < -0.4 is 5.32 Å². The fourth-order valence-corrected chi connectivity index (χ4v) is 1.92. The van der Waals surface area contributed by atoms with E-state index in [-0.39, 0.29) is 18.3 Å². The second kappa shape index (κ2) is 6.30. The maximum Gasteiger partial charge on any atom is 0.251 e. The molecule has 2 aromatic rings. The van der Waals surface area contributed by atoms with Crippen molar-refractivity contribution < 1.29 is 14.3 Å². The van der Waals surface area contributed by atoms with Crippen molar-refractivity contribution in [2.45, 2.75) is 13.0 Å². The number of aryl methyl sites for hydroxylation is 1. The molecule has 20 heavy (non-hydrogen) atoms. The Morgan fingerprint density at radius 2 is 1.85 bits per heavy atom. The van der Waals surface area contributed by atoms with E-state index in [9.17, 15) is 14.3 Å². The predicted molar refractivity (Wildman–Crippen MR) is 74.9 cm³/mol. The molecule has 0 heterocycles. The van der Waals surface area contributed by atoms with Gasteiger partial charge in [-0.15, -0.1) is 0 Å². The van der Waals surface area contributed by atoms with Gasteiger partial charge in [0.25, 0.3) is 5.91 Å². The lowest BCUT2D eigenvalue weighted by Gasteiger charge is -2.13. The maximum absolute atomic E-state index is 12.8. The summed E-state index contributed by atoms with van der Waals surface area (Å²) in [5.74, 6) is -0.589. The molecular weight excluding hydrogens is 257 g/mol. The number of amides is 1. The molecule has 0 saturated heterocycles. The fourth-order valence-electron chi connectivity index (χ4n) is 1.92. The Hall–Kier alpha value is -2.20. The Bertz CT molecular complexity index is 596. The van der Waals surface area contributed by atoms with Crippen molar-refractivity contribution in [2.24, 2.45) is 0 Å². The normalized spacial score (nSPS) is 11.9. The standard InChI is InChI=1S/C16H16FNO2/c1-11-4-2-3-5-14(11)16(20)18-10-15(19)12-6-8-13(17)9-7-12/h2-9,15,19H,10H2,1H3,(H,18,20)/t15-/m0/s1. The number of carbonyl (C=O) groups is 1. The molecule has 0 spiro atoms. The summed E-state index contributed by atoms with van der Waals surface area (Å²) in [5.41, 5.74) is 2.02. The summed E-state index contributed by atoms with van der Waals surface area (Å²) in [5, 5.41) is 12.6. The quantitative estimate of drug-likeness (QED) is 0.899. The van der Waals surface area contributed by atoms with Gasteiger partial charge >= 0.3 is 0 Å². The Labute approximate surface area is 117 Å². The van der Waals surface area contributed by atoms with Crippen LogP contribution in [0.15, 0.2) is 48.5 Å². The van der Waals surface area contributed by atoms with Gasteiger partial charge in [-0.1, -0.05) is 30.3 Å². The van der Waals surface area contributed by atoms with Gasteiger partial charge < -0.3 is 10.4 Å². The molecule has 104 valence electrons. The van der Waals surface area contributed by atoms with E-state index in [4.69, 9.17) is 0 Å². The molecule has 1 amide bonds. The van der Waals surface area contributed by atoms with E-state index in [0.717, 1.165) is 5.56 Å². The summed E-state index contributed by atoms with van der Waals surface area (Å²) in [6, 6.07) is 12.8. The van der Waals surface area contributed by atoms with Crippen molar-refractivity contribution in [3.8, 4) is 0 Å². The Morgan fingerprint density at radius 1 is 1.20 bits per heavy atom. The van der Waals surface area contributed by atoms with Crippen molar-refractivity contribution in [3.63, 3.8) is 0 Å². The Kier molecular flexibility index (Phi) is 4.48. The summed E-state index contributed by atoms with van der Waals surface area (Å²) in [4.78, 5) is 12.0. The highest BCUT2D eigenvalue weighted by atomic mass is 19.1. The van der Waals surface area contributed by atoms with E-state index in [2.05, 4.69) is 5.32 Å². The van der Waals surface area contributed by atoms with Crippen LogP contribution in [0.5, 0.6) is 0 Å². The molecule has 1 atom stereocenters. The molecular formula is C16H16FNO2.